The first-order valence-electron chi connectivity index (χ1n) is 8.93. The zero-order valence-electron chi connectivity index (χ0n) is 14.2. The maximum Gasteiger partial charge on any atom is 0.0482 e. The van der Waals surface area contributed by atoms with E-state index in [1.165, 1.54) is 40.8 Å². The molecule has 2 aromatic carbocycles. The molecule has 2 nitrogen and oxygen atoms in total. The first-order chi connectivity index (χ1) is 11.2. The molecule has 2 heterocycles. The molecule has 0 bridgehead atoms. The Kier molecular flexibility index (Phi) is 3.86. The number of anilines is 1. The average molecular weight is 306 g/mol. The van der Waals surface area contributed by atoms with Gasteiger partial charge in [0.2, 0.25) is 0 Å². The Hall–Kier alpha value is -1.80. The van der Waals surface area contributed by atoms with E-state index < -0.39 is 0 Å². The zero-order chi connectivity index (χ0) is 15.8. The molecule has 0 aliphatic carbocycles. The molecule has 4 rings (SSSR count). The number of nitrogens with zero attached hydrogens (tertiary/aromatic N) is 1. The Morgan fingerprint density at radius 1 is 1.04 bits per heavy atom. The van der Waals surface area contributed by atoms with E-state index in [9.17, 15) is 0 Å². The minimum Gasteiger partial charge on any atom is -0.366 e. The van der Waals surface area contributed by atoms with Crippen LogP contribution in [0.15, 0.2) is 42.5 Å². The van der Waals surface area contributed by atoms with Gasteiger partial charge in [-0.15, -0.1) is 0 Å². The molecule has 2 aromatic rings. The Morgan fingerprint density at radius 2 is 1.87 bits per heavy atom. The molecule has 23 heavy (non-hydrogen) atoms. The van der Waals surface area contributed by atoms with Crippen molar-refractivity contribution in [1.29, 1.82) is 0 Å². The topological polar surface area (TPSA) is 15.3 Å². The number of hydrogen-bond acceptors (Lipinski definition) is 2. The Morgan fingerprint density at radius 3 is 2.65 bits per heavy atom. The van der Waals surface area contributed by atoms with Crippen molar-refractivity contribution in [1.82, 2.24) is 5.32 Å². The van der Waals surface area contributed by atoms with Gasteiger partial charge in [0.05, 0.1) is 0 Å². The predicted octanol–water partition coefficient (Wildman–Crippen LogP) is 4.20. The van der Waals surface area contributed by atoms with Crippen molar-refractivity contribution in [2.24, 2.45) is 0 Å². The van der Waals surface area contributed by atoms with Crippen LogP contribution in [0.5, 0.6) is 0 Å². The van der Waals surface area contributed by atoms with E-state index in [1.807, 2.05) is 0 Å². The van der Waals surface area contributed by atoms with Crippen molar-refractivity contribution in [2.45, 2.75) is 38.6 Å². The van der Waals surface area contributed by atoms with Crippen LogP contribution < -0.4 is 10.2 Å². The molecule has 2 heteroatoms. The largest absolute Gasteiger partial charge is 0.366 e. The predicted molar refractivity (Wildman–Crippen MR) is 98.3 cm³/mol. The highest BCUT2D eigenvalue weighted by Gasteiger charge is 2.31. The van der Waals surface area contributed by atoms with Gasteiger partial charge in [-0.3, -0.25) is 0 Å². The van der Waals surface area contributed by atoms with E-state index in [-0.39, 0.29) is 0 Å². The first-order valence-corrected chi connectivity index (χ1v) is 8.93. The molecule has 1 N–H and O–H groups in total. The molecule has 0 amide bonds. The van der Waals surface area contributed by atoms with Gasteiger partial charge in [0.15, 0.2) is 0 Å². The Balaban J connectivity index is 1.75. The van der Waals surface area contributed by atoms with Gasteiger partial charge in [-0.2, -0.15) is 0 Å². The number of hydrogen-bond donors (Lipinski definition) is 1. The summed E-state index contributed by atoms with van der Waals surface area (Å²) in [6.07, 6.45) is 2.45. The first kappa shape index (κ1) is 14.8. The van der Waals surface area contributed by atoms with Crippen molar-refractivity contribution in [2.75, 3.05) is 24.5 Å². The normalized spacial score (nSPS) is 20.3. The number of fused-ring (bicyclic) bond motifs is 3. The van der Waals surface area contributed by atoms with Gasteiger partial charge < -0.3 is 10.2 Å². The third kappa shape index (κ3) is 2.66. The van der Waals surface area contributed by atoms with E-state index in [2.05, 4.69) is 66.5 Å². The van der Waals surface area contributed by atoms with E-state index in [0.717, 1.165) is 19.6 Å². The second-order valence-corrected chi connectivity index (χ2v) is 7.18. The second kappa shape index (κ2) is 6.01. The quantitative estimate of drug-likeness (QED) is 0.894. The van der Waals surface area contributed by atoms with Gasteiger partial charge in [0.1, 0.15) is 0 Å². The monoisotopic (exact) mass is 306 g/mol. The standard InChI is InChI=1S/C21H26N2/c1-15(2)16-6-8-17(9-7-16)20-5-3-4-18-14-19-10-11-22-12-13-23(19)21(18)20/h3-9,15,19,22H,10-14H2,1-2H3. The minimum atomic E-state index is 0.589. The molecule has 0 saturated carbocycles. The van der Waals surface area contributed by atoms with Crippen LogP contribution >= 0.6 is 0 Å². The smallest absolute Gasteiger partial charge is 0.0482 e. The molecule has 2 aliphatic heterocycles. The molecule has 0 aromatic heterocycles. The molecule has 120 valence electrons. The van der Waals surface area contributed by atoms with Crippen molar-refractivity contribution in [3.63, 3.8) is 0 Å². The molecule has 1 saturated heterocycles. The second-order valence-electron chi connectivity index (χ2n) is 7.18. The third-order valence-corrected chi connectivity index (χ3v) is 5.38. The van der Waals surface area contributed by atoms with Gasteiger partial charge in [-0.1, -0.05) is 56.3 Å². The lowest BCUT2D eigenvalue weighted by molar-refractivity contribution is 0.612. The van der Waals surface area contributed by atoms with Gasteiger partial charge in [0.25, 0.3) is 0 Å². The lowest BCUT2D eigenvalue weighted by Crippen LogP contribution is -2.33. The summed E-state index contributed by atoms with van der Waals surface area (Å²) in [5.41, 5.74) is 7.19. The van der Waals surface area contributed by atoms with E-state index in [0.29, 0.717) is 12.0 Å². The van der Waals surface area contributed by atoms with Crippen molar-refractivity contribution in [3.05, 3.63) is 53.6 Å². The van der Waals surface area contributed by atoms with Gasteiger partial charge >= 0.3 is 0 Å². The summed E-state index contributed by atoms with van der Waals surface area (Å²) in [5.74, 6) is 0.589. The van der Waals surface area contributed by atoms with Crippen molar-refractivity contribution in [3.8, 4) is 11.1 Å². The zero-order valence-corrected chi connectivity index (χ0v) is 14.2. The van der Waals surface area contributed by atoms with E-state index in [1.54, 1.807) is 0 Å². The molecule has 0 radical (unpaired) electrons. The van der Waals surface area contributed by atoms with Crippen LogP contribution in [0.3, 0.4) is 0 Å². The molecule has 1 unspecified atom stereocenters. The summed E-state index contributed by atoms with van der Waals surface area (Å²) in [5, 5.41) is 3.54. The van der Waals surface area contributed by atoms with Crippen molar-refractivity contribution < 1.29 is 0 Å². The molecule has 1 fully saturated rings. The third-order valence-electron chi connectivity index (χ3n) is 5.38. The van der Waals surface area contributed by atoms with E-state index in [4.69, 9.17) is 0 Å². The fourth-order valence-electron chi connectivity index (χ4n) is 4.07. The number of para-hydroxylation sites is 1. The Labute approximate surface area is 139 Å². The summed E-state index contributed by atoms with van der Waals surface area (Å²) in [7, 11) is 0. The Bertz CT molecular complexity index is 687. The fourth-order valence-corrected chi connectivity index (χ4v) is 4.07. The van der Waals surface area contributed by atoms with E-state index >= 15 is 0 Å². The lowest BCUT2D eigenvalue weighted by Gasteiger charge is -2.26. The summed E-state index contributed by atoms with van der Waals surface area (Å²) in [6, 6.07) is 16.7. The SMILES string of the molecule is CC(C)c1ccc(-c2cccc3c2N2CCNCCC2C3)cc1. The summed E-state index contributed by atoms with van der Waals surface area (Å²) < 4.78 is 0. The summed E-state index contributed by atoms with van der Waals surface area (Å²) in [4.78, 5) is 2.65. The minimum absolute atomic E-state index is 0.589. The van der Waals surface area contributed by atoms with Crippen LogP contribution in [0.25, 0.3) is 11.1 Å². The molecule has 2 aliphatic rings. The maximum atomic E-state index is 3.54. The molecule has 1 atom stereocenters. The van der Waals surface area contributed by atoms with Crippen LogP contribution in [-0.4, -0.2) is 25.7 Å². The number of benzene rings is 2. The highest BCUT2D eigenvalue weighted by molar-refractivity contribution is 5.83. The van der Waals surface area contributed by atoms with Crippen LogP contribution in [-0.2, 0) is 6.42 Å². The van der Waals surface area contributed by atoms with Crippen LogP contribution in [0.4, 0.5) is 5.69 Å². The van der Waals surface area contributed by atoms with Crippen LogP contribution in [0.1, 0.15) is 37.3 Å². The van der Waals surface area contributed by atoms with Gasteiger partial charge in [0, 0.05) is 30.4 Å². The molecular weight excluding hydrogens is 280 g/mol. The van der Waals surface area contributed by atoms with Gasteiger partial charge in [-0.05, 0) is 42.0 Å². The van der Waals surface area contributed by atoms with Crippen molar-refractivity contribution >= 4 is 5.69 Å². The highest BCUT2D eigenvalue weighted by atomic mass is 15.2. The maximum absolute atomic E-state index is 3.54. The number of nitrogens with one attached hydrogen (secondary N) is 1. The molecular formula is C21H26N2. The van der Waals surface area contributed by atoms with Gasteiger partial charge in [-0.25, -0.2) is 0 Å². The molecule has 0 spiro atoms. The number of rotatable bonds is 2. The van der Waals surface area contributed by atoms with Crippen LogP contribution in [0, 0.1) is 0 Å². The fraction of sp³-hybridized carbons (Fsp3) is 0.429. The average Bonchev–Trinajstić information content (AvgIpc) is 2.76. The summed E-state index contributed by atoms with van der Waals surface area (Å²) >= 11 is 0. The highest BCUT2D eigenvalue weighted by Crippen LogP contribution is 2.41. The van der Waals surface area contributed by atoms with Crippen LogP contribution in [0.2, 0.25) is 0 Å². The summed E-state index contributed by atoms with van der Waals surface area (Å²) in [6.45, 7) is 7.87. The lowest BCUT2D eigenvalue weighted by atomic mass is 9.96.